The number of amides is 1. The van der Waals surface area contributed by atoms with Gasteiger partial charge < -0.3 is 11.1 Å². The van der Waals surface area contributed by atoms with Crippen molar-refractivity contribution in [2.75, 3.05) is 5.32 Å². The lowest BCUT2D eigenvalue weighted by atomic mass is 10.1. The van der Waals surface area contributed by atoms with Crippen LogP contribution in [-0.4, -0.2) is 5.91 Å². The van der Waals surface area contributed by atoms with Crippen LogP contribution in [0.15, 0.2) is 42.5 Å². The molecular weight excluding hydrogens is 291 g/mol. The summed E-state index contributed by atoms with van der Waals surface area (Å²) in [5.41, 5.74) is 7.71. The molecule has 2 rings (SSSR count). The maximum absolute atomic E-state index is 13.0. The molecule has 0 aliphatic rings. The smallest absolute Gasteiger partial charge is 0.221 e. The number of benzene rings is 2. The highest BCUT2D eigenvalue weighted by molar-refractivity contribution is 6.31. The van der Waals surface area contributed by atoms with Gasteiger partial charge >= 0.3 is 0 Å². The van der Waals surface area contributed by atoms with Gasteiger partial charge in [-0.05, 0) is 42.3 Å². The van der Waals surface area contributed by atoms with Gasteiger partial charge in [-0.1, -0.05) is 29.8 Å². The standard InChI is InChI=1S/C16H16ClFN2O/c1-10(14-7-4-12(18)9-15(14)17)20-13-5-2-11(3-6-13)8-16(19)21/h2-7,9-10,20H,8H2,1H3,(H2,19,21). The van der Waals surface area contributed by atoms with E-state index in [-0.39, 0.29) is 24.2 Å². The minimum atomic E-state index is -0.359. The first-order valence-corrected chi connectivity index (χ1v) is 6.92. The number of hydrogen-bond acceptors (Lipinski definition) is 2. The Morgan fingerprint density at radius 3 is 2.52 bits per heavy atom. The Kier molecular flexibility index (Phi) is 4.81. The second kappa shape index (κ2) is 6.59. The number of nitrogens with two attached hydrogens (primary N) is 1. The summed E-state index contributed by atoms with van der Waals surface area (Å²) in [6.45, 7) is 1.94. The zero-order valence-corrected chi connectivity index (χ0v) is 12.3. The fourth-order valence-electron chi connectivity index (χ4n) is 2.10. The molecule has 1 amide bonds. The third kappa shape index (κ3) is 4.20. The van der Waals surface area contributed by atoms with Crippen LogP contribution in [-0.2, 0) is 11.2 Å². The molecule has 0 aromatic heterocycles. The van der Waals surface area contributed by atoms with Crippen LogP contribution < -0.4 is 11.1 Å². The number of hydrogen-bond donors (Lipinski definition) is 2. The molecule has 1 atom stereocenters. The average molecular weight is 307 g/mol. The maximum Gasteiger partial charge on any atom is 0.221 e. The average Bonchev–Trinajstić information content (AvgIpc) is 2.40. The first-order valence-electron chi connectivity index (χ1n) is 6.54. The first-order chi connectivity index (χ1) is 9.95. The van der Waals surface area contributed by atoms with E-state index in [2.05, 4.69) is 5.32 Å². The highest BCUT2D eigenvalue weighted by Gasteiger charge is 2.10. The van der Waals surface area contributed by atoms with Crippen LogP contribution in [0.5, 0.6) is 0 Å². The minimum absolute atomic E-state index is 0.0694. The lowest BCUT2D eigenvalue weighted by Crippen LogP contribution is -2.13. The van der Waals surface area contributed by atoms with E-state index in [9.17, 15) is 9.18 Å². The number of carbonyl (C=O) groups excluding carboxylic acids is 1. The predicted octanol–water partition coefficient (Wildman–Crippen LogP) is 3.68. The number of rotatable bonds is 5. The molecule has 3 nitrogen and oxygen atoms in total. The van der Waals surface area contributed by atoms with Crippen LogP contribution in [0.2, 0.25) is 5.02 Å². The van der Waals surface area contributed by atoms with Gasteiger partial charge in [-0.3, -0.25) is 4.79 Å². The van der Waals surface area contributed by atoms with Crippen molar-refractivity contribution < 1.29 is 9.18 Å². The van der Waals surface area contributed by atoms with E-state index in [1.54, 1.807) is 6.07 Å². The largest absolute Gasteiger partial charge is 0.378 e. The zero-order chi connectivity index (χ0) is 15.4. The molecule has 0 heterocycles. The van der Waals surface area contributed by atoms with Gasteiger partial charge in [0.1, 0.15) is 5.82 Å². The maximum atomic E-state index is 13.0. The lowest BCUT2D eigenvalue weighted by Gasteiger charge is -2.17. The van der Waals surface area contributed by atoms with Crippen molar-refractivity contribution in [3.63, 3.8) is 0 Å². The molecule has 2 aromatic carbocycles. The van der Waals surface area contributed by atoms with Crippen LogP contribution in [0.4, 0.5) is 10.1 Å². The fraction of sp³-hybridized carbons (Fsp3) is 0.188. The summed E-state index contributed by atoms with van der Waals surface area (Å²) in [5.74, 6) is -0.714. The first kappa shape index (κ1) is 15.3. The quantitative estimate of drug-likeness (QED) is 0.885. The van der Waals surface area contributed by atoms with E-state index in [0.29, 0.717) is 5.02 Å². The number of nitrogens with one attached hydrogen (secondary N) is 1. The Balaban J connectivity index is 2.08. The summed E-state index contributed by atoms with van der Waals surface area (Å²) in [6.07, 6.45) is 0.222. The van der Waals surface area contributed by atoms with Crippen molar-refractivity contribution in [3.05, 3.63) is 64.4 Å². The monoisotopic (exact) mass is 306 g/mol. The molecule has 0 aliphatic heterocycles. The fourth-order valence-corrected chi connectivity index (χ4v) is 2.43. The Bertz CT molecular complexity index is 643. The second-order valence-electron chi connectivity index (χ2n) is 4.87. The van der Waals surface area contributed by atoms with Crippen LogP contribution in [0.25, 0.3) is 0 Å². The summed E-state index contributed by atoms with van der Waals surface area (Å²) in [6, 6.07) is 11.7. The molecule has 0 fully saturated rings. The zero-order valence-electron chi connectivity index (χ0n) is 11.6. The topological polar surface area (TPSA) is 55.1 Å². The molecule has 3 N–H and O–H groups in total. The Morgan fingerprint density at radius 2 is 1.95 bits per heavy atom. The molecule has 0 bridgehead atoms. The van der Waals surface area contributed by atoms with E-state index in [0.717, 1.165) is 16.8 Å². The van der Waals surface area contributed by atoms with E-state index in [1.807, 2.05) is 31.2 Å². The van der Waals surface area contributed by atoms with Gasteiger partial charge in [0.15, 0.2) is 0 Å². The number of halogens is 2. The van der Waals surface area contributed by atoms with Crippen LogP contribution >= 0.6 is 11.6 Å². The highest BCUT2D eigenvalue weighted by Crippen LogP contribution is 2.26. The molecule has 5 heteroatoms. The van der Waals surface area contributed by atoms with Crippen molar-refractivity contribution in [1.82, 2.24) is 0 Å². The van der Waals surface area contributed by atoms with Crippen molar-refractivity contribution in [3.8, 4) is 0 Å². The van der Waals surface area contributed by atoms with Crippen LogP contribution in [0.3, 0.4) is 0 Å². The third-order valence-electron chi connectivity index (χ3n) is 3.14. The van der Waals surface area contributed by atoms with Gasteiger partial charge in [0.2, 0.25) is 5.91 Å². The van der Waals surface area contributed by atoms with Gasteiger partial charge in [-0.15, -0.1) is 0 Å². The van der Waals surface area contributed by atoms with Crippen molar-refractivity contribution in [1.29, 1.82) is 0 Å². The molecular formula is C16H16ClFN2O. The third-order valence-corrected chi connectivity index (χ3v) is 3.47. The Labute approximate surface area is 127 Å². The van der Waals surface area contributed by atoms with Crippen molar-refractivity contribution >= 4 is 23.2 Å². The van der Waals surface area contributed by atoms with Gasteiger partial charge in [0.05, 0.1) is 6.42 Å². The molecule has 0 aliphatic carbocycles. The number of carbonyl (C=O) groups is 1. The summed E-state index contributed by atoms with van der Waals surface area (Å²) in [7, 11) is 0. The minimum Gasteiger partial charge on any atom is -0.378 e. The van der Waals surface area contributed by atoms with Gasteiger partial charge in [0, 0.05) is 16.8 Å². The number of primary amides is 1. The molecule has 1 unspecified atom stereocenters. The van der Waals surface area contributed by atoms with Gasteiger partial charge in [-0.25, -0.2) is 4.39 Å². The summed E-state index contributed by atoms with van der Waals surface area (Å²) >= 11 is 6.04. The number of anilines is 1. The van der Waals surface area contributed by atoms with Crippen molar-refractivity contribution in [2.24, 2.45) is 5.73 Å². The molecule has 21 heavy (non-hydrogen) atoms. The van der Waals surface area contributed by atoms with E-state index in [4.69, 9.17) is 17.3 Å². The lowest BCUT2D eigenvalue weighted by molar-refractivity contribution is -0.117. The molecule has 0 saturated carbocycles. The molecule has 110 valence electrons. The van der Waals surface area contributed by atoms with Crippen LogP contribution in [0.1, 0.15) is 24.1 Å². The molecule has 0 radical (unpaired) electrons. The predicted molar refractivity (Wildman–Crippen MR) is 82.8 cm³/mol. The van der Waals surface area contributed by atoms with E-state index in [1.165, 1.54) is 12.1 Å². The van der Waals surface area contributed by atoms with E-state index >= 15 is 0 Å². The SMILES string of the molecule is CC(Nc1ccc(CC(N)=O)cc1)c1ccc(F)cc1Cl. The highest BCUT2D eigenvalue weighted by atomic mass is 35.5. The van der Waals surface area contributed by atoms with Gasteiger partial charge in [0.25, 0.3) is 0 Å². The van der Waals surface area contributed by atoms with Crippen molar-refractivity contribution in [2.45, 2.75) is 19.4 Å². The normalized spacial score (nSPS) is 12.0. The van der Waals surface area contributed by atoms with Gasteiger partial charge in [-0.2, -0.15) is 0 Å². The summed E-state index contributed by atoms with van der Waals surface area (Å²) in [4.78, 5) is 10.8. The van der Waals surface area contributed by atoms with E-state index < -0.39 is 0 Å². The Hall–Kier alpha value is -2.07. The molecule has 0 spiro atoms. The van der Waals surface area contributed by atoms with Crippen LogP contribution in [0, 0.1) is 5.82 Å². The molecule has 0 saturated heterocycles. The summed E-state index contributed by atoms with van der Waals surface area (Å²) in [5, 5.41) is 3.67. The molecule has 2 aromatic rings. The Morgan fingerprint density at radius 1 is 1.29 bits per heavy atom. The second-order valence-corrected chi connectivity index (χ2v) is 5.28. The summed E-state index contributed by atoms with van der Waals surface area (Å²) < 4.78 is 13.0.